The van der Waals surface area contributed by atoms with Crippen molar-refractivity contribution in [3.8, 4) is 0 Å². The van der Waals surface area contributed by atoms with Gasteiger partial charge in [-0.15, -0.1) is 0 Å². The van der Waals surface area contributed by atoms with E-state index >= 15 is 0 Å². The summed E-state index contributed by atoms with van der Waals surface area (Å²) in [6, 6.07) is 11.4. The Morgan fingerprint density at radius 3 is 2.50 bits per heavy atom. The molecule has 0 saturated heterocycles. The van der Waals surface area contributed by atoms with E-state index in [9.17, 15) is 14.0 Å². The van der Waals surface area contributed by atoms with Gasteiger partial charge in [-0.05, 0) is 53.5 Å². The molecular weight excluding hydrogens is 377 g/mol. The summed E-state index contributed by atoms with van der Waals surface area (Å²) in [6.07, 6.45) is -0.958. The molecule has 2 aromatic carbocycles. The molecule has 0 spiro atoms. The maximum atomic E-state index is 13.0. The van der Waals surface area contributed by atoms with E-state index in [1.165, 1.54) is 19.1 Å². The number of rotatable bonds is 5. The summed E-state index contributed by atoms with van der Waals surface area (Å²) in [5.41, 5.74) is 2.25. The second kappa shape index (κ2) is 8.06. The predicted molar refractivity (Wildman–Crippen MR) is 92.0 cm³/mol. The number of esters is 1. The molecule has 0 saturated carbocycles. The fourth-order valence-electron chi connectivity index (χ4n) is 1.97. The molecule has 1 N–H and O–H groups in total. The molecule has 2 rings (SSSR count). The molecule has 6 heteroatoms. The van der Waals surface area contributed by atoms with Crippen LogP contribution in [-0.2, 0) is 16.1 Å². The van der Waals surface area contributed by atoms with Gasteiger partial charge < -0.3 is 10.1 Å². The Morgan fingerprint density at radius 2 is 1.88 bits per heavy atom. The van der Waals surface area contributed by atoms with E-state index in [0.29, 0.717) is 6.54 Å². The van der Waals surface area contributed by atoms with Gasteiger partial charge in [-0.25, -0.2) is 9.18 Å². The number of ether oxygens (including phenoxy) is 1. The van der Waals surface area contributed by atoms with Gasteiger partial charge in [-0.2, -0.15) is 0 Å². The van der Waals surface area contributed by atoms with Crippen LogP contribution in [0.3, 0.4) is 0 Å². The molecule has 0 heterocycles. The van der Waals surface area contributed by atoms with Crippen LogP contribution in [-0.4, -0.2) is 18.0 Å². The van der Waals surface area contributed by atoms with E-state index in [4.69, 9.17) is 4.74 Å². The number of benzene rings is 2. The number of hydrogen-bond acceptors (Lipinski definition) is 3. The highest BCUT2D eigenvalue weighted by Gasteiger charge is 2.20. The average molecular weight is 394 g/mol. The lowest BCUT2D eigenvalue weighted by Crippen LogP contribution is -2.35. The monoisotopic (exact) mass is 393 g/mol. The van der Waals surface area contributed by atoms with Gasteiger partial charge in [-0.1, -0.05) is 29.8 Å². The third-order valence-corrected chi connectivity index (χ3v) is 4.05. The van der Waals surface area contributed by atoms with Crippen LogP contribution < -0.4 is 5.32 Å². The van der Waals surface area contributed by atoms with Crippen molar-refractivity contribution < 1.29 is 18.7 Å². The van der Waals surface area contributed by atoms with Crippen molar-refractivity contribution in [1.82, 2.24) is 5.32 Å². The zero-order valence-electron chi connectivity index (χ0n) is 13.3. The van der Waals surface area contributed by atoms with Gasteiger partial charge in [0.25, 0.3) is 5.91 Å². The van der Waals surface area contributed by atoms with E-state index in [-0.39, 0.29) is 10.0 Å². The first kappa shape index (κ1) is 18.1. The predicted octanol–water partition coefficient (Wildman–Crippen LogP) is 3.76. The van der Waals surface area contributed by atoms with E-state index in [2.05, 4.69) is 21.2 Å². The Labute approximate surface area is 148 Å². The third-order valence-electron chi connectivity index (χ3n) is 3.39. The Kier molecular flexibility index (Phi) is 6.09. The van der Waals surface area contributed by atoms with Crippen molar-refractivity contribution in [2.45, 2.75) is 26.5 Å². The minimum absolute atomic E-state index is 0.162. The van der Waals surface area contributed by atoms with Crippen molar-refractivity contribution in [3.63, 3.8) is 0 Å². The molecule has 0 aromatic heterocycles. The zero-order valence-corrected chi connectivity index (χ0v) is 14.9. The normalized spacial score (nSPS) is 11.7. The summed E-state index contributed by atoms with van der Waals surface area (Å²) in [7, 11) is 0. The number of amides is 1. The maximum Gasteiger partial charge on any atom is 0.340 e. The van der Waals surface area contributed by atoms with Gasteiger partial charge in [0.2, 0.25) is 0 Å². The molecule has 0 aliphatic rings. The van der Waals surface area contributed by atoms with Crippen molar-refractivity contribution >= 4 is 27.8 Å². The van der Waals surface area contributed by atoms with Crippen LogP contribution in [0.1, 0.15) is 28.4 Å². The molecule has 126 valence electrons. The molecule has 2 aromatic rings. The molecule has 0 unspecified atom stereocenters. The number of hydrogen-bond donors (Lipinski definition) is 1. The Hall–Kier alpha value is -2.21. The Bertz CT molecular complexity index is 746. The van der Waals surface area contributed by atoms with Crippen LogP contribution in [0, 0.1) is 12.7 Å². The number of nitrogens with one attached hydrogen (secondary N) is 1. The average Bonchev–Trinajstić information content (AvgIpc) is 2.53. The summed E-state index contributed by atoms with van der Waals surface area (Å²) in [6.45, 7) is 3.82. The first-order chi connectivity index (χ1) is 11.4. The van der Waals surface area contributed by atoms with Crippen molar-refractivity contribution in [3.05, 3.63) is 69.4 Å². The number of aryl methyl sites for hydroxylation is 1. The van der Waals surface area contributed by atoms with Gasteiger partial charge in [0, 0.05) is 11.0 Å². The molecular formula is C18H17BrFNO3. The topological polar surface area (TPSA) is 55.4 Å². The summed E-state index contributed by atoms with van der Waals surface area (Å²) in [5.74, 6) is -1.57. The molecule has 0 fully saturated rings. The molecule has 0 radical (unpaired) electrons. The van der Waals surface area contributed by atoms with Crippen LogP contribution >= 0.6 is 15.9 Å². The molecule has 4 nitrogen and oxygen atoms in total. The van der Waals surface area contributed by atoms with Gasteiger partial charge in [-0.3, -0.25) is 4.79 Å². The first-order valence-electron chi connectivity index (χ1n) is 7.36. The molecule has 0 bridgehead atoms. The van der Waals surface area contributed by atoms with E-state index in [1.807, 2.05) is 31.2 Å². The molecule has 24 heavy (non-hydrogen) atoms. The Morgan fingerprint density at radius 1 is 1.21 bits per heavy atom. The van der Waals surface area contributed by atoms with Gasteiger partial charge in [0.05, 0.1) is 5.56 Å². The zero-order chi connectivity index (χ0) is 17.7. The first-order valence-corrected chi connectivity index (χ1v) is 8.15. The van der Waals surface area contributed by atoms with Crippen LogP contribution in [0.5, 0.6) is 0 Å². The van der Waals surface area contributed by atoms with E-state index in [1.54, 1.807) is 0 Å². The quantitative estimate of drug-likeness (QED) is 0.786. The number of carbonyl (C=O) groups is 2. The van der Waals surface area contributed by atoms with Crippen molar-refractivity contribution in [1.29, 1.82) is 0 Å². The Balaban J connectivity index is 1.90. The minimum atomic E-state index is -0.958. The van der Waals surface area contributed by atoms with E-state index in [0.717, 1.165) is 17.2 Å². The lowest BCUT2D eigenvalue weighted by molar-refractivity contribution is -0.129. The fourth-order valence-corrected chi connectivity index (χ4v) is 2.48. The smallest absolute Gasteiger partial charge is 0.340 e. The standard InChI is InChI=1S/C18H17BrFNO3/c1-11-3-5-13(6-4-11)10-21-17(22)12(2)24-18(23)15-8-7-14(20)9-16(15)19/h3-9,12H,10H2,1-2H3,(H,21,22)/t12-/m0/s1. The molecule has 1 amide bonds. The van der Waals surface area contributed by atoms with Crippen LogP contribution in [0.15, 0.2) is 46.9 Å². The SMILES string of the molecule is Cc1ccc(CNC(=O)[C@H](C)OC(=O)c2ccc(F)cc2Br)cc1. The van der Waals surface area contributed by atoms with Crippen LogP contribution in [0.2, 0.25) is 0 Å². The van der Waals surface area contributed by atoms with Gasteiger partial charge >= 0.3 is 5.97 Å². The molecule has 0 aliphatic carbocycles. The highest BCUT2D eigenvalue weighted by Crippen LogP contribution is 2.19. The van der Waals surface area contributed by atoms with Gasteiger partial charge in [0.1, 0.15) is 5.82 Å². The van der Waals surface area contributed by atoms with E-state index < -0.39 is 23.8 Å². The second-order valence-electron chi connectivity index (χ2n) is 5.38. The number of carbonyl (C=O) groups excluding carboxylic acids is 2. The molecule has 1 atom stereocenters. The second-order valence-corrected chi connectivity index (χ2v) is 6.23. The van der Waals surface area contributed by atoms with Crippen LogP contribution in [0.25, 0.3) is 0 Å². The maximum absolute atomic E-state index is 13.0. The van der Waals surface area contributed by atoms with Crippen molar-refractivity contribution in [2.24, 2.45) is 0 Å². The lowest BCUT2D eigenvalue weighted by atomic mass is 10.1. The largest absolute Gasteiger partial charge is 0.449 e. The minimum Gasteiger partial charge on any atom is -0.449 e. The lowest BCUT2D eigenvalue weighted by Gasteiger charge is -2.14. The van der Waals surface area contributed by atoms with Crippen molar-refractivity contribution in [2.75, 3.05) is 0 Å². The fraction of sp³-hybridized carbons (Fsp3) is 0.222. The van der Waals surface area contributed by atoms with Crippen LogP contribution in [0.4, 0.5) is 4.39 Å². The number of halogens is 2. The summed E-state index contributed by atoms with van der Waals surface area (Å²) in [4.78, 5) is 24.1. The third kappa shape index (κ3) is 4.89. The highest BCUT2D eigenvalue weighted by atomic mass is 79.9. The summed E-state index contributed by atoms with van der Waals surface area (Å²) < 4.78 is 18.4. The molecule has 0 aliphatic heterocycles. The summed E-state index contributed by atoms with van der Waals surface area (Å²) >= 11 is 3.10. The summed E-state index contributed by atoms with van der Waals surface area (Å²) in [5, 5.41) is 2.71. The van der Waals surface area contributed by atoms with Gasteiger partial charge in [0.15, 0.2) is 6.10 Å². The highest BCUT2D eigenvalue weighted by molar-refractivity contribution is 9.10.